The Balaban J connectivity index is 1.77. The summed E-state index contributed by atoms with van der Waals surface area (Å²) in [5.41, 5.74) is 1.15. The van der Waals surface area contributed by atoms with Crippen molar-refractivity contribution in [3.05, 3.63) is 20.3 Å². The van der Waals surface area contributed by atoms with Crippen molar-refractivity contribution in [1.29, 1.82) is 0 Å². The minimum atomic E-state index is 0.206. The summed E-state index contributed by atoms with van der Waals surface area (Å²) in [6, 6.07) is 3.66. The number of nitrogens with zero attached hydrogens (tertiary/aromatic N) is 1. The Hall–Kier alpha value is -0.390. The molecule has 0 saturated carbocycles. The van der Waals surface area contributed by atoms with Gasteiger partial charge in [0.15, 0.2) is 0 Å². The van der Waals surface area contributed by atoms with E-state index in [9.17, 15) is 4.79 Å². The molecule has 3 nitrogen and oxygen atoms in total. The molecular formula is C15H21BrN2OS. The third-order valence-electron chi connectivity index (χ3n) is 4.56. The molecule has 2 atom stereocenters. The van der Waals surface area contributed by atoms with Gasteiger partial charge in [0.2, 0.25) is 0 Å². The van der Waals surface area contributed by atoms with E-state index < -0.39 is 0 Å². The Bertz CT molecular complexity index is 484. The quantitative estimate of drug-likeness (QED) is 0.897. The highest BCUT2D eigenvalue weighted by molar-refractivity contribution is 9.11. The Morgan fingerprint density at radius 3 is 2.60 bits per heavy atom. The van der Waals surface area contributed by atoms with Crippen LogP contribution in [-0.4, -0.2) is 35.5 Å². The molecule has 2 aliphatic rings. The molecule has 1 aromatic rings. The summed E-state index contributed by atoms with van der Waals surface area (Å²) >= 11 is 5.08. The normalized spacial score (nSPS) is 28.6. The number of rotatable bonds is 3. The van der Waals surface area contributed by atoms with Gasteiger partial charge in [-0.15, -0.1) is 11.3 Å². The topological polar surface area (TPSA) is 32.3 Å². The maximum Gasteiger partial charge on any atom is 0.264 e. The van der Waals surface area contributed by atoms with E-state index in [1.54, 1.807) is 11.3 Å². The fraction of sp³-hybridized carbons (Fsp3) is 0.667. The van der Waals surface area contributed by atoms with Gasteiger partial charge < -0.3 is 10.2 Å². The number of hydrogen-bond acceptors (Lipinski definition) is 3. The van der Waals surface area contributed by atoms with Crippen LogP contribution in [0.25, 0.3) is 0 Å². The summed E-state index contributed by atoms with van der Waals surface area (Å²) in [5, 5.41) is 3.65. The molecule has 3 heterocycles. The van der Waals surface area contributed by atoms with E-state index in [1.807, 2.05) is 13.0 Å². The Kier molecular flexibility index (Phi) is 4.20. The SMILES string of the molecule is CCN(C(=O)c1cc(C)c(Br)s1)C1CC2CCC(C1)N2. The molecule has 1 aromatic heterocycles. The van der Waals surface area contributed by atoms with E-state index in [0.29, 0.717) is 18.1 Å². The molecule has 1 amide bonds. The molecule has 2 bridgehead atoms. The number of piperidine rings is 1. The Morgan fingerprint density at radius 1 is 1.45 bits per heavy atom. The molecule has 3 rings (SSSR count). The van der Waals surface area contributed by atoms with Crippen molar-refractivity contribution in [2.75, 3.05) is 6.54 Å². The smallest absolute Gasteiger partial charge is 0.264 e. The number of amides is 1. The van der Waals surface area contributed by atoms with E-state index in [-0.39, 0.29) is 5.91 Å². The number of thiophene rings is 1. The lowest BCUT2D eigenvalue weighted by Crippen LogP contribution is -2.50. The first kappa shape index (κ1) is 14.5. The van der Waals surface area contributed by atoms with Crippen molar-refractivity contribution in [2.45, 2.75) is 57.7 Å². The van der Waals surface area contributed by atoms with Crippen LogP contribution in [0.15, 0.2) is 9.85 Å². The Labute approximate surface area is 132 Å². The van der Waals surface area contributed by atoms with E-state index >= 15 is 0 Å². The molecule has 2 fully saturated rings. The van der Waals surface area contributed by atoms with E-state index in [2.05, 4.69) is 33.1 Å². The number of nitrogens with one attached hydrogen (secondary N) is 1. The average molecular weight is 357 g/mol. The van der Waals surface area contributed by atoms with Gasteiger partial charge in [0, 0.05) is 24.7 Å². The molecule has 0 radical (unpaired) electrons. The maximum absolute atomic E-state index is 12.8. The monoisotopic (exact) mass is 356 g/mol. The van der Waals surface area contributed by atoms with Gasteiger partial charge in [0.25, 0.3) is 5.91 Å². The van der Waals surface area contributed by atoms with Crippen LogP contribution in [0, 0.1) is 6.92 Å². The number of hydrogen-bond donors (Lipinski definition) is 1. The first-order valence-corrected chi connectivity index (χ1v) is 9.02. The Morgan fingerprint density at radius 2 is 2.10 bits per heavy atom. The van der Waals surface area contributed by atoms with Crippen LogP contribution in [-0.2, 0) is 0 Å². The average Bonchev–Trinajstić information content (AvgIpc) is 2.94. The second-order valence-electron chi connectivity index (χ2n) is 5.92. The zero-order valence-electron chi connectivity index (χ0n) is 12.0. The lowest BCUT2D eigenvalue weighted by atomic mass is 9.98. The zero-order valence-corrected chi connectivity index (χ0v) is 14.4. The first-order chi connectivity index (χ1) is 9.58. The first-order valence-electron chi connectivity index (χ1n) is 7.41. The summed E-state index contributed by atoms with van der Waals surface area (Å²) in [5.74, 6) is 0.206. The van der Waals surface area contributed by atoms with Crippen molar-refractivity contribution in [1.82, 2.24) is 10.2 Å². The van der Waals surface area contributed by atoms with Crippen LogP contribution < -0.4 is 5.32 Å². The van der Waals surface area contributed by atoms with Gasteiger partial charge in [-0.3, -0.25) is 4.79 Å². The van der Waals surface area contributed by atoms with Crippen molar-refractivity contribution < 1.29 is 4.79 Å². The van der Waals surface area contributed by atoms with Crippen molar-refractivity contribution in [3.63, 3.8) is 0 Å². The van der Waals surface area contributed by atoms with Crippen LogP contribution in [0.4, 0.5) is 0 Å². The third-order valence-corrected chi connectivity index (χ3v) is 6.68. The summed E-state index contributed by atoms with van der Waals surface area (Å²) in [6.07, 6.45) is 4.77. The molecule has 0 spiro atoms. The molecule has 0 aliphatic carbocycles. The highest BCUT2D eigenvalue weighted by Gasteiger charge is 2.37. The van der Waals surface area contributed by atoms with Crippen molar-refractivity contribution >= 4 is 33.2 Å². The van der Waals surface area contributed by atoms with Gasteiger partial charge in [-0.05, 0) is 67.1 Å². The highest BCUT2D eigenvalue weighted by Crippen LogP contribution is 2.32. The molecule has 2 saturated heterocycles. The standard InChI is InChI=1S/C15H21BrN2OS/c1-3-18(12-7-10-4-5-11(8-12)17-10)15(19)13-6-9(2)14(16)20-13/h6,10-12,17H,3-5,7-8H2,1-2H3. The third kappa shape index (κ3) is 2.68. The summed E-state index contributed by atoms with van der Waals surface area (Å²) in [7, 11) is 0. The fourth-order valence-corrected chi connectivity index (χ4v) is 5.05. The minimum absolute atomic E-state index is 0.206. The van der Waals surface area contributed by atoms with E-state index in [1.165, 1.54) is 12.8 Å². The number of fused-ring (bicyclic) bond motifs is 2. The van der Waals surface area contributed by atoms with E-state index in [4.69, 9.17) is 0 Å². The lowest BCUT2D eigenvalue weighted by molar-refractivity contribution is 0.0636. The fourth-order valence-electron chi connectivity index (χ4n) is 3.56. The molecular weight excluding hydrogens is 336 g/mol. The summed E-state index contributed by atoms with van der Waals surface area (Å²) in [4.78, 5) is 15.7. The molecule has 1 N–H and O–H groups in total. The number of carbonyl (C=O) groups excluding carboxylic acids is 1. The van der Waals surface area contributed by atoms with Crippen LogP contribution in [0.3, 0.4) is 0 Å². The number of aryl methyl sites for hydroxylation is 1. The van der Waals surface area contributed by atoms with Crippen molar-refractivity contribution in [3.8, 4) is 0 Å². The molecule has 2 aliphatic heterocycles. The molecule has 5 heteroatoms. The van der Waals surface area contributed by atoms with Gasteiger partial charge >= 0.3 is 0 Å². The zero-order chi connectivity index (χ0) is 14.3. The highest BCUT2D eigenvalue weighted by atomic mass is 79.9. The van der Waals surface area contributed by atoms with Crippen LogP contribution in [0.2, 0.25) is 0 Å². The largest absolute Gasteiger partial charge is 0.335 e. The summed E-state index contributed by atoms with van der Waals surface area (Å²) < 4.78 is 1.07. The van der Waals surface area contributed by atoms with Gasteiger partial charge in [-0.25, -0.2) is 0 Å². The van der Waals surface area contributed by atoms with Gasteiger partial charge in [0.1, 0.15) is 0 Å². The van der Waals surface area contributed by atoms with E-state index in [0.717, 1.165) is 33.6 Å². The predicted octanol–water partition coefficient (Wildman–Crippen LogP) is 3.56. The van der Waals surface area contributed by atoms with Gasteiger partial charge in [-0.2, -0.15) is 0 Å². The van der Waals surface area contributed by atoms with Gasteiger partial charge in [0.05, 0.1) is 8.66 Å². The van der Waals surface area contributed by atoms with Crippen molar-refractivity contribution in [2.24, 2.45) is 0 Å². The van der Waals surface area contributed by atoms with Gasteiger partial charge in [-0.1, -0.05) is 0 Å². The van der Waals surface area contributed by atoms with Crippen LogP contribution >= 0.6 is 27.3 Å². The predicted molar refractivity (Wildman–Crippen MR) is 86.4 cm³/mol. The number of carbonyl (C=O) groups is 1. The molecule has 2 unspecified atom stereocenters. The van der Waals surface area contributed by atoms with Crippen LogP contribution in [0.5, 0.6) is 0 Å². The summed E-state index contributed by atoms with van der Waals surface area (Å²) in [6.45, 7) is 4.94. The second-order valence-corrected chi connectivity index (χ2v) is 8.29. The second kappa shape index (κ2) is 5.78. The molecule has 0 aromatic carbocycles. The van der Waals surface area contributed by atoms with Crippen LogP contribution in [0.1, 0.15) is 47.8 Å². The minimum Gasteiger partial charge on any atom is -0.335 e. The lowest BCUT2D eigenvalue weighted by Gasteiger charge is -2.37. The number of halogens is 1. The molecule has 110 valence electrons. The molecule has 20 heavy (non-hydrogen) atoms. The maximum atomic E-state index is 12.8.